The van der Waals surface area contributed by atoms with Crippen molar-refractivity contribution in [1.82, 2.24) is 14.6 Å². The fraction of sp³-hybridized carbons (Fsp3) is 0. The van der Waals surface area contributed by atoms with Crippen molar-refractivity contribution >= 4 is 46.1 Å². The zero-order chi connectivity index (χ0) is 20.5. The minimum Gasteiger partial charge on any atom is -0.457 e. The molecule has 0 saturated carbocycles. The van der Waals surface area contributed by atoms with Crippen LogP contribution in [0.1, 0.15) is 17.1 Å². The highest BCUT2D eigenvalue weighted by molar-refractivity contribution is 7.15. The van der Waals surface area contributed by atoms with E-state index in [0.29, 0.717) is 31.9 Å². The summed E-state index contributed by atoms with van der Waals surface area (Å²) in [6, 6.07) is 20.9. The van der Waals surface area contributed by atoms with Crippen molar-refractivity contribution in [1.29, 1.82) is 0 Å². The van der Waals surface area contributed by atoms with Crippen LogP contribution in [0.2, 0.25) is 5.02 Å². The molecule has 0 aliphatic heterocycles. The van der Waals surface area contributed by atoms with Gasteiger partial charge in [-0.15, -0.1) is 5.10 Å². The lowest BCUT2D eigenvalue weighted by Gasteiger charge is -1.96. The molecule has 3 aromatic heterocycles. The van der Waals surface area contributed by atoms with E-state index in [4.69, 9.17) is 16.0 Å². The number of benzene rings is 2. The van der Waals surface area contributed by atoms with Crippen molar-refractivity contribution in [3.8, 4) is 11.3 Å². The van der Waals surface area contributed by atoms with Gasteiger partial charge in [0, 0.05) is 16.7 Å². The highest BCUT2D eigenvalue weighted by Crippen LogP contribution is 2.24. The lowest BCUT2D eigenvalue weighted by atomic mass is 10.2. The van der Waals surface area contributed by atoms with E-state index in [9.17, 15) is 4.79 Å². The third-order valence-electron chi connectivity index (χ3n) is 4.45. The molecule has 0 radical (unpaired) electrons. The summed E-state index contributed by atoms with van der Waals surface area (Å²) in [6.07, 6.45) is 5.42. The first kappa shape index (κ1) is 18.5. The molecule has 30 heavy (non-hydrogen) atoms. The highest BCUT2D eigenvalue weighted by Gasteiger charge is 2.10. The fourth-order valence-electron chi connectivity index (χ4n) is 2.98. The number of furan rings is 1. The van der Waals surface area contributed by atoms with Crippen molar-refractivity contribution in [2.24, 2.45) is 0 Å². The monoisotopic (exact) mass is 431 g/mol. The van der Waals surface area contributed by atoms with Gasteiger partial charge in [0.25, 0.3) is 5.56 Å². The maximum absolute atomic E-state index is 12.7. The van der Waals surface area contributed by atoms with Gasteiger partial charge in [0.15, 0.2) is 5.82 Å². The van der Waals surface area contributed by atoms with Gasteiger partial charge in [0.2, 0.25) is 4.96 Å². The number of rotatable bonds is 4. The summed E-state index contributed by atoms with van der Waals surface area (Å²) in [5.74, 6) is 1.79. The molecular formula is C23H14ClN3O2S. The van der Waals surface area contributed by atoms with Crippen LogP contribution in [-0.2, 0) is 0 Å². The quantitative estimate of drug-likeness (QED) is 0.410. The second kappa shape index (κ2) is 7.74. The predicted octanol–water partition coefficient (Wildman–Crippen LogP) is 4.78. The van der Waals surface area contributed by atoms with Crippen LogP contribution in [0.15, 0.2) is 75.9 Å². The second-order valence-corrected chi connectivity index (χ2v) is 7.98. The molecule has 3 heterocycles. The van der Waals surface area contributed by atoms with Crippen LogP contribution in [0.3, 0.4) is 0 Å². The molecule has 2 aromatic carbocycles. The molecule has 0 spiro atoms. The molecule has 0 aliphatic rings. The Labute approximate surface area is 180 Å². The highest BCUT2D eigenvalue weighted by atomic mass is 35.5. The number of thiazole rings is 1. The van der Waals surface area contributed by atoms with E-state index < -0.39 is 0 Å². The van der Waals surface area contributed by atoms with E-state index in [2.05, 4.69) is 10.1 Å². The van der Waals surface area contributed by atoms with Crippen molar-refractivity contribution in [3.63, 3.8) is 0 Å². The van der Waals surface area contributed by atoms with Gasteiger partial charge in [-0.05, 0) is 48.0 Å². The van der Waals surface area contributed by atoms with Crippen LogP contribution < -0.4 is 10.1 Å². The van der Waals surface area contributed by atoms with E-state index in [-0.39, 0.29) is 5.56 Å². The number of halogens is 1. The SMILES string of the molecule is O=c1/c(=C/c2ccc(-c3ccc(Cl)cc3)o2)sc2nc(/C=C/c3ccccc3)nn12. The molecule has 0 saturated heterocycles. The molecule has 0 N–H and O–H groups in total. The van der Waals surface area contributed by atoms with Gasteiger partial charge in [0.1, 0.15) is 16.1 Å². The first-order chi connectivity index (χ1) is 14.7. The summed E-state index contributed by atoms with van der Waals surface area (Å²) in [7, 11) is 0. The van der Waals surface area contributed by atoms with Crippen LogP contribution in [0, 0.1) is 0 Å². The van der Waals surface area contributed by atoms with E-state index in [1.807, 2.05) is 72.8 Å². The van der Waals surface area contributed by atoms with Crippen molar-refractivity contribution in [3.05, 3.63) is 104 Å². The third-order valence-corrected chi connectivity index (χ3v) is 5.66. The Morgan fingerprint density at radius 2 is 1.77 bits per heavy atom. The van der Waals surface area contributed by atoms with E-state index in [0.717, 1.165) is 11.1 Å². The summed E-state index contributed by atoms with van der Waals surface area (Å²) in [5.41, 5.74) is 1.74. The Bertz CT molecular complexity index is 1460. The van der Waals surface area contributed by atoms with Gasteiger partial charge in [-0.3, -0.25) is 4.79 Å². The number of nitrogens with zero attached hydrogens (tertiary/aromatic N) is 3. The van der Waals surface area contributed by atoms with Crippen LogP contribution in [0.25, 0.3) is 34.5 Å². The minimum atomic E-state index is -0.216. The Kier molecular flexibility index (Phi) is 4.78. The summed E-state index contributed by atoms with van der Waals surface area (Å²) in [4.78, 5) is 17.7. The molecule has 0 fully saturated rings. The standard InChI is InChI=1S/C23H14ClN3O2S/c24-17-9-7-16(8-10-17)19-12-11-18(29-19)14-20-22(28)27-23(30-20)25-21(26-27)13-6-15-4-2-1-3-5-15/h1-14H/b13-6+,20-14-. The largest absolute Gasteiger partial charge is 0.457 e. The molecule has 0 unspecified atom stereocenters. The van der Waals surface area contributed by atoms with E-state index >= 15 is 0 Å². The molecule has 5 aromatic rings. The molecular weight excluding hydrogens is 418 g/mol. The molecule has 0 amide bonds. The second-order valence-electron chi connectivity index (χ2n) is 6.53. The number of fused-ring (bicyclic) bond motifs is 1. The molecule has 0 bridgehead atoms. The lowest BCUT2D eigenvalue weighted by molar-refractivity contribution is 0.571. The minimum absolute atomic E-state index is 0.216. The zero-order valence-corrected chi connectivity index (χ0v) is 17.1. The van der Waals surface area contributed by atoms with Crippen molar-refractivity contribution in [2.45, 2.75) is 0 Å². The van der Waals surface area contributed by atoms with Crippen LogP contribution in [-0.4, -0.2) is 14.6 Å². The van der Waals surface area contributed by atoms with Gasteiger partial charge < -0.3 is 4.42 Å². The smallest absolute Gasteiger partial charge is 0.291 e. The summed E-state index contributed by atoms with van der Waals surface area (Å²) >= 11 is 7.21. The third kappa shape index (κ3) is 3.70. The summed E-state index contributed by atoms with van der Waals surface area (Å²) in [6.45, 7) is 0. The molecule has 0 atom stereocenters. The molecule has 0 aliphatic carbocycles. The first-order valence-electron chi connectivity index (χ1n) is 9.16. The van der Waals surface area contributed by atoms with Gasteiger partial charge in [0.05, 0.1) is 0 Å². The first-order valence-corrected chi connectivity index (χ1v) is 10.4. The molecule has 5 nitrogen and oxygen atoms in total. The number of aromatic nitrogens is 3. The Balaban J connectivity index is 1.44. The number of hydrogen-bond donors (Lipinski definition) is 0. The normalized spacial score (nSPS) is 12.4. The Morgan fingerprint density at radius 3 is 2.53 bits per heavy atom. The summed E-state index contributed by atoms with van der Waals surface area (Å²) in [5, 5.41) is 4.97. The van der Waals surface area contributed by atoms with Gasteiger partial charge >= 0.3 is 0 Å². The zero-order valence-electron chi connectivity index (χ0n) is 15.5. The maximum Gasteiger partial charge on any atom is 0.291 e. The molecule has 146 valence electrons. The average Bonchev–Trinajstić information content (AvgIpc) is 3.46. The van der Waals surface area contributed by atoms with Crippen molar-refractivity contribution in [2.75, 3.05) is 0 Å². The van der Waals surface area contributed by atoms with E-state index in [1.165, 1.54) is 15.9 Å². The Morgan fingerprint density at radius 1 is 0.967 bits per heavy atom. The maximum atomic E-state index is 12.7. The van der Waals surface area contributed by atoms with Crippen LogP contribution in [0.5, 0.6) is 0 Å². The predicted molar refractivity (Wildman–Crippen MR) is 120 cm³/mol. The van der Waals surface area contributed by atoms with Crippen LogP contribution in [0.4, 0.5) is 0 Å². The fourth-order valence-corrected chi connectivity index (χ4v) is 4.00. The lowest BCUT2D eigenvalue weighted by Crippen LogP contribution is -2.23. The van der Waals surface area contributed by atoms with Gasteiger partial charge in [-0.1, -0.05) is 59.3 Å². The van der Waals surface area contributed by atoms with E-state index in [1.54, 1.807) is 12.2 Å². The average molecular weight is 432 g/mol. The van der Waals surface area contributed by atoms with Gasteiger partial charge in [-0.25, -0.2) is 0 Å². The molecule has 5 rings (SSSR count). The number of hydrogen-bond acceptors (Lipinski definition) is 5. The van der Waals surface area contributed by atoms with Gasteiger partial charge in [-0.2, -0.15) is 9.50 Å². The molecule has 7 heteroatoms. The van der Waals surface area contributed by atoms with Crippen LogP contribution >= 0.6 is 22.9 Å². The Hall–Kier alpha value is -3.48. The summed E-state index contributed by atoms with van der Waals surface area (Å²) < 4.78 is 7.70. The topological polar surface area (TPSA) is 60.4 Å². The van der Waals surface area contributed by atoms with Crippen molar-refractivity contribution < 1.29 is 4.42 Å².